The molecule has 0 saturated carbocycles. The first-order valence-electron chi connectivity index (χ1n) is 11.0. The number of aromatic nitrogens is 4. The van der Waals surface area contributed by atoms with Crippen molar-refractivity contribution in [1.82, 2.24) is 19.7 Å². The number of benzene rings is 3. The molecule has 0 atom stereocenters. The first-order valence-corrected chi connectivity index (χ1v) is 11.0. The monoisotopic (exact) mass is 522 g/mol. The van der Waals surface area contributed by atoms with Crippen LogP contribution in [0.5, 0.6) is 5.75 Å². The number of fused-ring (bicyclic) bond motifs is 1. The highest BCUT2D eigenvalue weighted by Crippen LogP contribution is 2.25. The van der Waals surface area contributed by atoms with E-state index in [0.29, 0.717) is 22.3 Å². The standard InChI is InChI=1S/C26H20F2N6O2.ClH/c27-19-7-4-8-20(10-19)31-25(35)15-34-14-21(13-30-34)32-26-29-12-18-9-22(28)24(11-23(18)33-26)36-16-17-5-2-1-3-6-17;/h1-14H,15-16H2,(H,31,35)(H,29,32,33);1H. The Morgan fingerprint density at radius 1 is 0.973 bits per heavy atom. The summed E-state index contributed by atoms with van der Waals surface area (Å²) in [6, 6.07) is 18.0. The Bertz CT molecular complexity index is 1530. The number of hydrogen-bond acceptors (Lipinski definition) is 6. The maximum absolute atomic E-state index is 14.5. The highest BCUT2D eigenvalue weighted by atomic mass is 35.5. The van der Waals surface area contributed by atoms with E-state index in [0.717, 1.165) is 5.56 Å². The maximum Gasteiger partial charge on any atom is 0.246 e. The Hall–Kier alpha value is -4.57. The Labute approximate surface area is 216 Å². The van der Waals surface area contributed by atoms with Crippen molar-refractivity contribution in [2.75, 3.05) is 10.6 Å². The minimum Gasteiger partial charge on any atom is -0.486 e. The summed E-state index contributed by atoms with van der Waals surface area (Å²) in [4.78, 5) is 20.9. The largest absolute Gasteiger partial charge is 0.486 e. The van der Waals surface area contributed by atoms with E-state index in [4.69, 9.17) is 4.74 Å². The van der Waals surface area contributed by atoms with E-state index < -0.39 is 11.6 Å². The summed E-state index contributed by atoms with van der Waals surface area (Å²) in [6.45, 7) is 0.156. The summed E-state index contributed by atoms with van der Waals surface area (Å²) in [6.07, 6.45) is 4.63. The van der Waals surface area contributed by atoms with E-state index in [9.17, 15) is 13.6 Å². The van der Waals surface area contributed by atoms with Crippen LogP contribution in [0.1, 0.15) is 5.56 Å². The molecule has 1 amide bonds. The first kappa shape index (κ1) is 25.5. The molecule has 37 heavy (non-hydrogen) atoms. The van der Waals surface area contributed by atoms with Crippen molar-refractivity contribution in [2.45, 2.75) is 13.2 Å². The van der Waals surface area contributed by atoms with Crippen molar-refractivity contribution in [2.24, 2.45) is 0 Å². The van der Waals surface area contributed by atoms with E-state index in [-0.39, 0.29) is 43.2 Å². The molecule has 0 unspecified atom stereocenters. The Balaban J connectivity index is 0.00000320. The molecule has 11 heteroatoms. The predicted molar refractivity (Wildman–Crippen MR) is 138 cm³/mol. The molecular formula is C26H21ClF2N6O2. The van der Waals surface area contributed by atoms with Crippen molar-refractivity contribution in [1.29, 1.82) is 0 Å². The van der Waals surface area contributed by atoms with Crippen molar-refractivity contribution in [3.8, 4) is 5.75 Å². The van der Waals surface area contributed by atoms with Crippen LogP contribution >= 0.6 is 12.4 Å². The van der Waals surface area contributed by atoms with Crippen LogP contribution in [-0.2, 0) is 17.9 Å². The van der Waals surface area contributed by atoms with Crippen LogP contribution in [0.4, 0.5) is 26.1 Å². The van der Waals surface area contributed by atoms with Gasteiger partial charge in [0.05, 0.1) is 17.4 Å². The lowest BCUT2D eigenvalue weighted by Gasteiger charge is -2.09. The number of carbonyl (C=O) groups excluding carboxylic acids is 1. The van der Waals surface area contributed by atoms with Gasteiger partial charge in [-0.15, -0.1) is 12.4 Å². The zero-order valence-electron chi connectivity index (χ0n) is 19.3. The minimum absolute atomic E-state index is 0. The summed E-state index contributed by atoms with van der Waals surface area (Å²) < 4.78 is 34.8. The van der Waals surface area contributed by atoms with Gasteiger partial charge >= 0.3 is 0 Å². The van der Waals surface area contributed by atoms with Crippen LogP contribution in [0.2, 0.25) is 0 Å². The molecule has 0 radical (unpaired) electrons. The normalized spacial score (nSPS) is 10.5. The van der Waals surface area contributed by atoms with Gasteiger partial charge in [-0.25, -0.2) is 18.7 Å². The lowest BCUT2D eigenvalue weighted by Crippen LogP contribution is -2.19. The number of nitrogens with zero attached hydrogens (tertiary/aromatic N) is 4. The number of anilines is 3. The molecule has 5 aromatic rings. The molecule has 8 nitrogen and oxygen atoms in total. The summed E-state index contributed by atoms with van der Waals surface area (Å²) in [5.74, 6) is -0.936. The van der Waals surface area contributed by atoms with Crippen LogP contribution in [0.25, 0.3) is 10.9 Å². The molecule has 188 valence electrons. The third-order valence-electron chi connectivity index (χ3n) is 5.17. The number of ether oxygens (including phenoxy) is 1. The highest BCUT2D eigenvalue weighted by molar-refractivity contribution is 5.90. The molecule has 2 N–H and O–H groups in total. The van der Waals surface area contributed by atoms with Crippen LogP contribution < -0.4 is 15.4 Å². The van der Waals surface area contributed by atoms with E-state index in [1.807, 2.05) is 30.3 Å². The maximum atomic E-state index is 14.5. The molecule has 3 aromatic carbocycles. The number of halogens is 3. The van der Waals surface area contributed by atoms with Crippen molar-refractivity contribution < 1.29 is 18.3 Å². The quantitative estimate of drug-likeness (QED) is 0.280. The molecule has 2 aromatic heterocycles. The summed E-state index contributed by atoms with van der Waals surface area (Å²) in [5, 5.41) is 10.3. The molecule has 0 fully saturated rings. The smallest absolute Gasteiger partial charge is 0.246 e. The second-order valence-corrected chi connectivity index (χ2v) is 7.92. The van der Waals surface area contributed by atoms with Crippen LogP contribution in [0.15, 0.2) is 85.3 Å². The zero-order chi connectivity index (χ0) is 24.9. The molecule has 0 spiro atoms. The van der Waals surface area contributed by atoms with Gasteiger partial charge in [0.1, 0.15) is 19.0 Å². The van der Waals surface area contributed by atoms with E-state index in [1.165, 1.54) is 47.4 Å². The molecule has 2 heterocycles. The minimum atomic E-state index is -0.500. The average Bonchev–Trinajstić information content (AvgIpc) is 3.30. The number of carbonyl (C=O) groups is 1. The fraction of sp³-hybridized carbons (Fsp3) is 0.0769. The molecule has 5 rings (SSSR count). The molecule has 0 aliphatic carbocycles. The molecule has 0 aliphatic heterocycles. The van der Waals surface area contributed by atoms with Gasteiger partial charge in [0, 0.05) is 29.5 Å². The Morgan fingerprint density at radius 2 is 1.81 bits per heavy atom. The van der Waals surface area contributed by atoms with Crippen molar-refractivity contribution in [3.63, 3.8) is 0 Å². The summed E-state index contributed by atoms with van der Waals surface area (Å²) in [5.41, 5.74) is 2.33. The van der Waals surface area contributed by atoms with Gasteiger partial charge in [-0.2, -0.15) is 5.10 Å². The van der Waals surface area contributed by atoms with Gasteiger partial charge in [-0.3, -0.25) is 9.48 Å². The molecule has 0 bridgehead atoms. The number of nitrogens with one attached hydrogen (secondary N) is 2. The molecule has 0 saturated heterocycles. The lowest BCUT2D eigenvalue weighted by atomic mass is 10.2. The number of amides is 1. The second kappa shape index (κ2) is 11.4. The Kier molecular flexibility index (Phi) is 7.89. The fourth-order valence-corrected chi connectivity index (χ4v) is 3.50. The SMILES string of the molecule is Cl.O=C(Cn1cc(Nc2ncc3cc(F)c(OCc4ccccc4)cc3n2)cn1)Nc1cccc(F)c1. The van der Waals surface area contributed by atoms with Crippen LogP contribution in [0.3, 0.4) is 0 Å². The highest BCUT2D eigenvalue weighted by Gasteiger charge is 2.11. The Morgan fingerprint density at radius 3 is 2.62 bits per heavy atom. The molecule has 0 aliphatic rings. The summed E-state index contributed by atoms with van der Waals surface area (Å²) >= 11 is 0. The van der Waals surface area contributed by atoms with E-state index >= 15 is 0 Å². The van der Waals surface area contributed by atoms with Gasteiger partial charge in [0.25, 0.3) is 0 Å². The van der Waals surface area contributed by atoms with Crippen LogP contribution in [-0.4, -0.2) is 25.7 Å². The third-order valence-corrected chi connectivity index (χ3v) is 5.17. The van der Waals surface area contributed by atoms with Gasteiger partial charge in [0.2, 0.25) is 11.9 Å². The first-order chi connectivity index (χ1) is 17.5. The predicted octanol–water partition coefficient (Wildman–Crippen LogP) is 5.49. The number of rotatable bonds is 8. The van der Waals surface area contributed by atoms with Crippen LogP contribution in [0, 0.1) is 11.6 Å². The van der Waals surface area contributed by atoms with Crippen molar-refractivity contribution in [3.05, 3.63) is 103 Å². The third kappa shape index (κ3) is 6.56. The second-order valence-electron chi connectivity index (χ2n) is 7.92. The van der Waals surface area contributed by atoms with E-state index in [1.54, 1.807) is 12.3 Å². The number of hydrogen-bond donors (Lipinski definition) is 2. The molecular weight excluding hydrogens is 502 g/mol. The van der Waals surface area contributed by atoms with E-state index in [2.05, 4.69) is 25.7 Å². The summed E-state index contributed by atoms with van der Waals surface area (Å²) in [7, 11) is 0. The fourth-order valence-electron chi connectivity index (χ4n) is 3.50. The topological polar surface area (TPSA) is 94.0 Å². The zero-order valence-corrected chi connectivity index (χ0v) is 20.1. The lowest BCUT2D eigenvalue weighted by molar-refractivity contribution is -0.116. The van der Waals surface area contributed by atoms with Gasteiger partial charge in [-0.1, -0.05) is 36.4 Å². The van der Waals surface area contributed by atoms with Gasteiger partial charge < -0.3 is 15.4 Å². The van der Waals surface area contributed by atoms with Gasteiger partial charge in [0.15, 0.2) is 11.6 Å². The average molecular weight is 523 g/mol. The van der Waals surface area contributed by atoms with Crippen molar-refractivity contribution >= 4 is 46.5 Å². The van der Waals surface area contributed by atoms with Gasteiger partial charge in [-0.05, 0) is 29.8 Å².